The van der Waals surface area contributed by atoms with Crippen molar-refractivity contribution in [3.05, 3.63) is 95.6 Å². The minimum atomic E-state index is -0.575. The van der Waals surface area contributed by atoms with Crippen LogP contribution in [-0.2, 0) is 20.8 Å². The summed E-state index contributed by atoms with van der Waals surface area (Å²) in [4.78, 5) is 14.5. The van der Waals surface area contributed by atoms with Gasteiger partial charge in [-0.2, -0.15) is 0 Å². The van der Waals surface area contributed by atoms with Crippen molar-refractivity contribution in [2.24, 2.45) is 0 Å². The maximum absolute atomic E-state index is 12.9. The van der Waals surface area contributed by atoms with Crippen LogP contribution in [-0.4, -0.2) is 58.3 Å². The van der Waals surface area contributed by atoms with Crippen molar-refractivity contribution in [2.45, 2.75) is 25.7 Å². The molecule has 0 saturated heterocycles. The Morgan fingerprint density at radius 1 is 0.806 bits per heavy atom. The maximum atomic E-state index is 12.9. The molecule has 0 spiro atoms. The van der Waals surface area contributed by atoms with Crippen molar-refractivity contribution in [2.75, 3.05) is 41.0 Å². The summed E-state index contributed by atoms with van der Waals surface area (Å²) in [6.45, 7) is 3.08. The Labute approximate surface area is 213 Å². The van der Waals surface area contributed by atoms with Crippen LogP contribution in [0.25, 0.3) is 0 Å². The van der Waals surface area contributed by atoms with Gasteiger partial charge in [0.2, 0.25) is 0 Å². The molecule has 7 heteroatoms. The highest BCUT2D eigenvalue weighted by Gasteiger charge is 2.26. The van der Waals surface area contributed by atoms with Gasteiger partial charge in [-0.25, -0.2) is 4.79 Å². The molecular weight excluding hydrogens is 458 g/mol. The molecule has 0 bridgehead atoms. The third-order valence-corrected chi connectivity index (χ3v) is 5.85. The van der Waals surface area contributed by atoms with Gasteiger partial charge in [0.25, 0.3) is 0 Å². The van der Waals surface area contributed by atoms with Gasteiger partial charge in [-0.15, -0.1) is 0 Å². The smallest absolute Gasteiger partial charge is 0.409 e. The molecule has 0 radical (unpaired) electrons. The SMILES string of the molecule is CCOC(=O)N(CC(OC)OC)CC(c1ccccc1)c1ccc(OCc2ccccc2)c(OC)c1. The second kappa shape index (κ2) is 14.1. The molecule has 3 aromatic carbocycles. The number of amides is 1. The van der Waals surface area contributed by atoms with E-state index in [-0.39, 0.29) is 19.1 Å². The van der Waals surface area contributed by atoms with E-state index in [1.807, 2.05) is 78.9 Å². The molecule has 7 nitrogen and oxygen atoms in total. The Hall–Kier alpha value is -3.55. The summed E-state index contributed by atoms with van der Waals surface area (Å²) in [5.41, 5.74) is 3.10. The molecule has 0 N–H and O–H groups in total. The van der Waals surface area contributed by atoms with Crippen LogP contribution in [0.4, 0.5) is 4.79 Å². The fraction of sp³-hybridized carbons (Fsp3) is 0.345. The number of carbonyl (C=O) groups is 1. The molecule has 0 aliphatic heterocycles. The van der Waals surface area contributed by atoms with Crippen molar-refractivity contribution in [3.63, 3.8) is 0 Å². The highest BCUT2D eigenvalue weighted by atomic mass is 16.7. The lowest BCUT2D eigenvalue weighted by Gasteiger charge is -2.30. The summed E-state index contributed by atoms with van der Waals surface area (Å²) in [6.07, 6.45) is -0.999. The molecule has 3 aromatic rings. The topological polar surface area (TPSA) is 66.5 Å². The highest BCUT2D eigenvalue weighted by molar-refractivity contribution is 5.68. The van der Waals surface area contributed by atoms with Crippen molar-refractivity contribution in [1.82, 2.24) is 4.90 Å². The largest absolute Gasteiger partial charge is 0.493 e. The van der Waals surface area contributed by atoms with Crippen LogP contribution in [0.2, 0.25) is 0 Å². The third-order valence-electron chi connectivity index (χ3n) is 5.85. The first-order valence-corrected chi connectivity index (χ1v) is 12.0. The Morgan fingerprint density at radius 3 is 2.08 bits per heavy atom. The van der Waals surface area contributed by atoms with E-state index < -0.39 is 12.4 Å². The van der Waals surface area contributed by atoms with Crippen LogP contribution < -0.4 is 9.47 Å². The minimum Gasteiger partial charge on any atom is -0.493 e. The molecule has 1 atom stereocenters. The molecule has 0 fully saturated rings. The lowest BCUT2D eigenvalue weighted by atomic mass is 9.90. The zero-order valence-electron chi connectivity index (χ0n) is 21.4. The molecule has 0 aromatic heterocycles. The van der Waals surface area contributed by atoms with Crippen molar-refractivity contribution in [3.8, 4) is 11.5 Å². The zero-order chi connectivity index (χ0) is 25.8. The summed E-state index contributed by atoms with van der Waals surface area (Å²) in [7, 11) is 4.72. The number of methoxy groups -OCH3 is 3. The van der Waals surface area contributed by atoms with Gasteiger partial charge in [-0.3, -0.25) is 0 Å². The van der Waals surface area contributed by atoms with Crippen molar-refractivity contribution >= 4 is 6.09 Å². The van der Waals surface area contributed by atoms with E-state index >= 15 is 0 Å². The quantitative estimate of drug-likeness (QED) is 0.294. The standard InChI is InChI=1S/C29H35NO6/c1-5-35-29(31)30(20-28(33-3)34-4)19-25(23-14-10-7-11-15-23)24-16-17-26(27(18-24)32-2)36-21-22-12-8-6-9-13-22/h6-18,25,28H,5,19-21H2,1-4H3. The molecule has 1 unspecified atom stereocenters. The normalized spacial score (nSPS) is 11.7. The first kappa shape index (κ1) is 27.0. The van der Waals surface area contributed by atoms with Crippen LogP contribution in [0.1, 0.15) is 29.5 Å². The van der Waals surface area contributed by atoms with Gasteiger partial charge >= 0.3 is 6.09 Å². The lowest BCUT2D eigenvalue weighted by molar-refractivity contribution is -0.113. The first-order chi connectivity index (χ1) is 17.6. The van der Waals surface area contributed by atoms with Crippen molar-refractivity contribution < 1.29 is 28.5 Å². The van der Waals surface area contributed by atoms with Gasteiger partial charge < -0.3 is 28.6 Å². The Balaban J connectivity index is 1.91. The van der Waals surface area contributed by atoms with E-state index in [4.69, 9.17) is 23.7 Å². The molecule has 0 saturated carbocycles. The third kappa shape index (κ3) is 7.47. The number of benzene rings is 3. The minimum absolute atomic E-state index is 0.151. The van der Waals surface area contributed by atoms with Crippen LogP contribution in [0.5, 0.6) is 11.5 Å². The summed E-state index contributed by atoms with van der Waals surface area (Å²) < 4.78 is 27.8. The van der Waals surface area contributed by atoms with Crippen LogP contribution >= 0.6 is 0 Å². The lowest BCUT2D eigenvalue weighted by Crippen LogP contribution is -2.41. The van der Waals surface area contributed by atoms with Gasteiger partial charge in [0.15, 0.2) is 17.8 Å². The average Bonchev–Trinajstić information content (AvgIpc) is 2.93. The molecule has 0 aliphatic carbocycles. The second-order valence-corrected chi connectivity index (χ2v) is 8.15. The van der Waals surface area contributed by atoms with E-state index in [2.05, 4.69) is 0 Å². The van der Waals surface area contributed by atoms with Gasteiger partial charge in [0.1, 0.15) is 6.61 Å². The van der Waals surface area contributed by atoms with Crippen LogP contribution in [0.15, 0.2) is 78.9 Å². The maximum Gasteiger partial charge on any atom is 0.409 e. The Bertz CT molecular complexity index is 1060. The fourth-order valence-corrected chi connectivity index (χ4v) is 3.93. The average molecular weight is 494 g/mol. The number of nitrogens with zero attached hydrogens (tertiary/aromatic N) is 1. The summed E-state index contributed by atoms with van der Waals surface area (Å²) >= 11 is 0. The zero-order valence-corrected chi connectivity index (χ0v) is 21.4. The van der Waals surface area contributed by atoms with E-state index in [9.17, 15) is 4.79 Å². The van der Waals surface area contributed by atoms with E-state index in [0.29, 0.717) is 24.7 Å². The van der Waals surface area contributed by atoms with Gasteiger partial charge in [0.05, 0.1) is 20.3 Å². The Morgan fingerprint density at radius 2 is 1.47 bits per heavy atom. The van der Waals surface area contributed by atoms with E-state index in [0.717, 1.165) is 16.7 Å². The number of carbonyl (C=O) groups excluding carboxylic acids is 1. The molecule has 1 amide bonds. The molecule has 0 aliphatic rings. The second-order valence-electron chi connectivity index (χ2n) is 8.15. The number of hydrogen-bond acceptors (Lipinski definition) is 6. The fourth-order valence-electron chi connectivity index (χ4n) is 3.93. The highest BCUT2D eigenvalue weighted by Crippen LogP contribution is 2.34. The monoisotopic (exact) mass is 493 g/mol. The van der Waals surface area contributed by atoms with E-state index in [1.165, 1.54) is 0 Å². The van der Waals surface area contributed by atoms with Gasteiger partial charge in [-0.1, -0.05) is 66.7 Å². The van der Waals surface area contributed by atoms with Gasteiger partial charge in [-0.05, 0) is 35.7 Å². The number of hydrogen-bond donors (Lipinski definition) is 0. The summed E-state index contributed by atoms with van der Waals surface area (Å²) in [6, 6.07) is 25.9. The summed E-state index contributed by atoms with van der Waals surface area (Å²) in [5.74, 6) is 1.12. The van der Waals surface area contributed by atoms with E-state index in [1.54, 1.807) is 33.2 Å². The predicted octanol–water partition coefficient (Wildman–Crippen LogP) is 5.48. The van der Waals surface area contributed by atoms with Crippen molar-refractivity contribution in [1.29, 1.82) is 0 Å². The predicted molar refractivity (Wildman–Crippen MR) is 138 cm³/mol. The first-order valence-electron chi connectivity index (χ1n) is 12.0. The molecule has 3 rings (SSSR count). The van der Waals surface area contributed by atoms with Crippen LogP contribution in [0.3, 0.4) is 0 Å². The van der Waals surface area contributed by atoms with Crippen LogP contribution in [0, 0.1) is 0 Å². The molecule has 192 valence electrons. The number of ether oxygens (including phenoxy) is 5. The number of rotatable bonds is 13. The summed E-state index contributed by atoms with van der Waals surface area (Å²) in [5, 5.41) is 0. The molecule has 36 heavy (non-hydrogen) atoms. The molecular formula is C29H35NO6. The Kier molecular flexibility index (Phi) is 10.6. The van der Waals surface area contributed by atoms with Gasteiger partial charge in [0, 0.05) is 26.7 Å². The molecule has 0 heterocycles.